The molecule has 0 saturated carbocycles. The average Bonchev–Trinajstić information content (AvgIpc) is 2.68. The molecule has 0 saturated heterocycles. The third-order valence-corrected chi connectivity index (χ3v) is 4.24. The van der Waals surface area contributed by atoms with Crippen LogP contribution < -0.4 is 4.90 Å². The zero-order valence-electron chi connectivity index (χ0n) is 15.2. The lowest BCUT2D eigenvalue weighted by Gasteiger charge is -2.23. The first-order valence-electron chi connectivity index (χ1n) is 8.41. The average molecular weight is 397 g/mol. The Morgan fingerprint density at radius 2 is 1.68 bits per heavy atom. The van der Waals surface area contributed by atoms with Gasteiger partial charge in [0.25, 0.3) is 5.69 Å². The Hall–Kier alpha value is -3.49. The highest BCUT2D eigenvalue weighted by molar-refractivity contribution is 6.33. The number of nitriles is 2. The maximum absolute atomic E-state index is 10.8. The SMILES string of the molecule is Cc1cc(N(CCC#N)CCC#N)ccc1N=Nc1ccc([N+](=O)[O-])cc1Cl. The van der Waals surface area contributed by atoms with Crippen LogP contribution in [0.5, 0.6) is 0 Å². The van der Waals surface area contributed by atoms with Crippen LogP contribution in [0.25, 0.3) is 0 Å². The van der Waals surface area contributed by atoms with Crippen LogP contribution in [-0.2, 0) is 0 Å². The van der Waals surface area contributed by atoms with Crippen LogP contribution in [0.4, 0.5) is 22.7 Å². The molecule has 0 fully saturated rings. The van der Waals surface area contributed by atoms with Gasteiger partial charge in [0.2, 0.25) is 0 Å². The van der Waals surface area contributed by atoms with E-state index >= 15 is 0 Å². The molecule has 0 aliphatic carbocycles. The minimum atomic E-state index is -0.528. The molecule has 2 aromatic carbocycles. The maximum Gasteiger partial charge on any atom is 0.271 e. The molecule has 28 heavy (non-hydrogen) atoms. The van der Waals surface area contributed by atoms with Crippen LogP contribution in [0.2, 0.25) is 5.02 Å². The first-order valence-corrected chi connectivity index (χ1v) is 8.79. The number of benzene rings is 2. The second kappa shape index (κ2) is 10.0. The number of nitrogens with zero attached hydrogens (tertiary/aromatic N) is 6. The Morgan fingerprint density at radius 1 is 1.07 bits per heavy atom. The highest BCUT2D eigenvalue weighted by atomic mass is 35.5. The number of anilines is 1. The molecule has 142 valence electrons. The van der Waals surface area contributed by atoms with E-state index in [1.54, 1.807) is 6.07 Å². The topological polar surface area (TPSA) is 119 Å². The highest BCUT2D eigenvalue weighted by Crippen LogP contribution is 2.32. The number of non-ortho nitro benzene ring substituents is 1. The standard InChI is InChI=1S/C19H17ClN6O2/c1-14-12-15(25(10-2-8-21)11-3-9-22)4-6-18(14)23-24-19-7-5-16(26(27)28)13-17(19)20/h4-7,12-13H,2-3,10-11H2,1H3. The largest absolute Gasteiger partial charge is 0.369 e. The lowest BCUT2D eigenvalue weighted by molar-refractivity contribution is -0.384. The second-order valence-corrected chi connectivity index (χ2v) is 6.27. The van der Waals surface area contributed by atoms with Crippen molar-refractivity contribution in [1.29, 1.82) is 10.5 Å². The van der Waals surface area contributed by atoms with Crippen molar-refractivity contribution >= 4 is 34.4 Å². The second-order valence-electron chi connectivity index (χ2n) is 5.87. The van der Waals surface area contributed by atoms with E-state index in [1.165, 1.54) is 18.2 Å². The van der Waals surface area contributed by atoms with Gasteiger partial charge in [-0.2, -0.15) is 15.6 Å². The fourth-order valence-corrected chi connectivity index (χ4v) is 2.70. The van der Waals surface area contributed by atoms with Gasteiger partial charge in [-0.15, -0.1) is 5.11 Å². The lowest BCUT2D eigenvalue weighted by Crippen LogP contribution is -2.25. The number of nitro benzene ring substituents is 1. The molecule has 0 spiro atoms. The van der Waals surface area contributed by atoms with Crippen molar-refractivity contribution in [3.63, 3.8) is 0 Å². The van der Waals surface area contributed by atoms with E-state index in [4.69, 9.17) is 22.1 Å². The Morgan fingerprint density at radius 3 is 2.21 bits per heavy atom. The van der Waals surface area contributed by atoms with Crippen LogP contribution in [0.15, 0.2) is 46.6 Å². The number of hydrogen-bond donors (Lipinski definition) is 0. The lowest BCUT2D eigenvalue weighted by atomic mass is 10.1. The first-order chi connectivity index (χ1) is 13.5. The van der Waals surface area contributed by atoms with Gasteiger partial charge in [0.05, 0.1) is 40.6 Å². The molecule has 0 unspecified atom stereocenters. The minimum Gasteiger partial charge on any atom is -0.369 e. The molecule has 2 aromatic rings. The fraction of sp³-hybridized carbons (Fsp3) is 0.263. The molecule has 2 rings (SSSR count). The zero-order chi connectivity index (χ0) is 20.5. The molecule has 0 aliphatic heterocycles. The van der Waals surface area contributed by atoms with E-state index in [9.17, 15) is 10.1 Å². The van der Waals surface area contributed by atoms with Crippen LogP contribution in [0.3, 0.4) is 0 Å². The van der Waals surface area contributed by atoms with Crippen LogP contribution >= 0.6 is 11.6 Å². The van der Waals surface area contributed by atoms with Gasteiger partial charge in [0.1, 0.15) is 5.69 Å². The molecule has 0 aromatic heterocycles. The van der Waals surface area contributed by atoms with Gasteiger partial charge in [0.15, 0.2) is 0 Å². The molecule has 9 heteroatoms. The Kier molecular flexibility index (Phi) is 7.44. The van der Waals surface area contributed by atoms with Crippen molar-refractivity contribution in [3.8, 4) is 12.1 Å². The predicted octanol–water partition coefficient (Wildman–Crippen LogP) is 5.61. The number of azo groups is 1. The van der Waals surface area contributed by atoms with Crippen LogP contribution in [-0.4, -0.2) is 18.0 Å². The quantitative estimate of drug-likeness (QED) is 0.326. The van der Waals surface area contributed by atoms with Gasteiger partial charge in [-0.05, 0) is 36.8 Å². The summed E-state index contributed by atoms with van der Waals surface area (Å²) in [4.78, 5) is 12.2. The van der Waals surface area contributed by atoms with Gasteiger partial charge in [-0.25, -0.2) is 0 Å². The summed E-state index contributed by atoms with van der Waals surface area (Å²) in [5.41, 5.74) is 2.60. The molecule has 0 aliphatic rings. The van der Waals surface area contributed by atoms with Crippen molar-refractivity contribution < 1.29 is 4.92 Å². The van der Waals surface area contributed by atoms with Gasteiger partial charge in [0, 0.05) is 30.9 Å². The van der Waals surface area contributed by atoms with Crippen molar-refractivity contribution in [3.05, 3.63) is 57.1 Å². The zero-order valence-corrected chi connectivity index (χ0v) is 15.9. The number of halogens is 1. The molecular formula is C19H17ClN6O2. The summed E-state index contributed by atoms with van der Waals surface area (Å²) in [6.07, 6.45) is 0.731. The molecular weight excluding hydrogens is 380 g/mol. The summed E-state index contributed by atoms with van der Waals surface area (Å²) in [5.74, 6) is 0. The van der Waals surface area contributed by atoms with Gasteiger partial charge >= 0.3 is 0 Å². The number of nitro groups is 1. The molecule has 0 N–H and O–H groups in total. The predicted molar refractivity (Wildman–Crippen MR) is 106 cm³/mol. The van der Waals surface area contributed by atoms with Crippen molar-refractivity contribution in [2.45, 2.75) is 19.8 Å². The van der Waals surface area contributed by atoms with Crippen molar-refractivity contribution in [2.24, 2.45) is 10.2 Å². The van der Waals surface area contributed by atoms with E-state index in [0.29, 0.717) is 37.3 Å². The summed E-state index contributed by atoms with van der Waals surface area (Å²) in [5, 5.41) is 36.8. The molecule has 0 radical (unpaired) electrons. The smallest absolute Gasteiger partial charge is 0.271 e. The van der Waals surface area contributed by atoms with Crippen LogP contribution in [0, 0.1) is 39.7 Å². The Bertz CT molecular complexity index is 959. The Balaban J connectivity index is 2.22. The van der Waals surface area contributed by atoms with Crippen LogP contribution in [0.1, 0.15) is 18.4 Å². The molecule has 0 heterocycles. The Labute approximate surface area is 167 Å². The molecule has 0 atom stereocenters. The first kappa shape index (κ1) is 20.8. The van der Waals surface area contributed by atoms with E-state index in [2.05, 4.69) is 22.4 Å². The minimum absolute atomic E-state index is 0.112. The summed E-state index contributed by atoms with van der Waals surface area (Å²) < 4.78 is 0. The monoisotopic (exact) mass is 396 g/mol. The number of rotatable bonds is 8. The maximum atomic E-state index is 10.8. The summed E-state index contributed by atoms with van der Waals surface area (Å²) >= 11 is 6.03. The van der Waals surface area contributed by atoms with Gasteiger partial charge < -0.3 is 4.90 Å². The third-order valence-electron chi connectivity index (χ3n) is 3.94. The molecule has 0 bridgehead atoms. The molecule has 0 amide bonds. The van der Waals surface area contributed by atoms with E-state index in [0.717, 1.165) is 11.3 Å². The van der Waals surface area contributed by atoms with E-state index in [1.807, 2.05) is 24.0 Å². The van der Waals surface area contributed by atoms with Gasteiger partial charge in [-0.1, -0.05) is 11.6 Å². The summed E-state index contributed by atoms with van der Waals surface area (Å²) in [6, 6.07) is 13.8. The summed E-state index contributed by atoms with van der Waals surface area (Å²) in [7, 11) is 0. The van der Waals surface area contributed by atoms with E-state index < -0.39 is 4.92 Å². The highest BCUT2D eigenvalue weighted by Gasteiger charge is 2.10. The van der Waals surface area contributed by atoms with Crippen molar-refractivity contribution in [2.75, 3.05) is 18.0 Å². The number of aryl methyl sites for hydroxylation is 1. The normalized spacial score (nSPS) is 10.4. The molecule has 8 nitrogen and oxygen atoms in total. The van der Waals surface area contributed by atoms with Gasteiger partial charge in [-0.3, -0.25) is 10.1 Å². The summed E-state index contributed by atoms with van der Waals surface area (Å²) in [6.45, 7) is 2.95. The van der Waals surface area contributed by atoms with Crippen molar-refractivity contribution in [1.82, 2.24) is 0 Å². The number of hydrogen-bond acceptors (Lipinski definition) is 7. The van der Waals surface area contributed by atoms with E-state index in [-0.39, 0.29) is 10.7 Å². The third kappa shape index (κ3) is 5.50. The fourth-order valence-electron chi connectivity index (χ4n) is 2.49.